The molecule has 0 saturated heterocycles. The lowest BCUT2D eigenvalue weighted by Crippen LogP contribution is -2.19. The van der Waals surface area contributed by atoms with Crippen molar-refractivity contribution in [1.29, 1.82) is 0 Å². The van der Waals surface area contributed by atoms with Gasteiger partial charge in [0.25, 0.3) is 0 Å². The molecule has 3 rings (SSSR count). The average molecular weight is 376 g/mol. The number of aldehydes is 1. The molecule has 0 N–H and O–H groups in total. The van der Waals surface area contributed by atoms with Crippen LogP contribution in [-0.2, 0) is 24.2 Å². The van der Waals surface area contributed by atoms with Gasteiger partial charge in [-0.3, -0.25) is 13.9 Å². The van der Waals surface area contributed by atoms with Crippen molar-refractivity contribution in [2.75, 3.05) is 7.11 Å². The van der Waals surface area contributed by atoms with E-state index in [1.807, 2.05) is 0 Å². The second kappa shape index (κ2) is 6.34. The molecule has 1 heterocycles. The standard InChI is InChI=1S/C17H16N2O6S/c1-18-13-6-5-12(9-14(13)19(2)17(18)21)26(22,23)25-15-7-4-11(10-20)8-16(15)24-3/h4-10H,1-3H3. The monoisotopic (exact) mass is 376 g/mol. The highest BCUT2D eigenvalue weighted by Crippen LogP contribution is 2.31. The number of aromatic nitrogens is 2. The van der Waals surface area contributed by atoms with E-state index in [0.717, 1.165) is 0 Å². The molecule has 0 aliphatic carbocycles. The summed E-state index contributed by atoms with van der Waals surface area (Å²) in [6, 6.07) is 8.42. The summed E-state index contributed by atoms with van der Waals surface area (Å²) in [5.41, 5.74) is 1.13. The molecule has 0 spiro atoms. The highest BCUT2D eigenvalue weighted by molar-refractivity contribution is 7.87. The summed E-state index contributed by atoms with van der Waals surface area (Å²) >= 11 is 0. The fourth-order valence-corrected chi connectivity index (χ4v) is 3.60. The lowest BCUT2D eigenvalue weighted by atomic mass is 10.2. The molecule has 8 nitrogen and oxygen atoms in total. The Bertz CT molecular complexity index is 1170. The van der Waals surface area contributed by atoms with Crippen molar-refractivity contribution in [3.8, 4) is 11.5 Å². The third-order valence-corrected chi connectivity index (χ3v) is 5.29. The predicted molar refractivity (Wildman–Crippen MR) is 94.4 cm³/mol. The fraction of sp³-hybridized carbons (Fsp3) is 0.176. The van der Waals surface area contributed by atoms with E-state index in [0.29, 0.717) is 22.9 Å². The Kier molecular flexibility index (Phi) is 4.33. The van der Waals surface area contributed by atoms with Gasteiger partial charge in [-0.15, -0.1) is 0 Å². The molecule has 0 aliphatic rings. The maximum atomic E-state index is 12.6. The van der Waals surface area contributed by atoms with Crippen molar-refractivity contribution in [1.82, 2.24) is 9.13 Å². The predicted octanol–water partition coefficient (Wildman–Crippen LogP) is 1.47. The summed E-state index contributed by atoms with van der Waals surface area (Å²) in [7, 11) is 0.337. The number of methoxy groups -OCH3 is 1. The number of nitrogens with zero attached hydrogens (tertiary/aromatic N) is 2. The topological polar surface area (TPSA) is 96.6 Å². The summed E-state index contributed by atoms with van der Waals surface area (Å²) < 4.78 is 38.3. The lowest BCUT2D eigenvalue weighted by Gasteiger charge is -2.11. The first-order valence-corrected chi connectivity index (χ1v) is 8.92. The molecule has 0 unspecified atom stereocenters. The van der Waals surface area contributed by atoms with Crippen LogP contribution in [0.2, 0.25) is 0 Å². The molecular weight excluding hydrogens is 360 g/mol. The van der Waals surface area contributed by atoms with Crippen LogP contribution in [0.15, 0.2) is 46.1 Å². The Morgan fingerprint density at radius 1 is 0.962 bits per heavy atom. The Morgan fingerprint density at radius 2 is 1.65 bits per heavy atom. The molecule has 0 atom stereocenters. The molecule has 2 aromatic carbocycles. The van der Waals surface area contributed by atoms with E-state index in [9.17, 15) is 18.0 Å². The zero-order chi connectivity index (χ0) is 19.1. The first kappa shape index (κ1) is 17.7. The van der Waals surface area contributed by atoms with Gasteiger partial charge in [0, 0.05) is 19.7 Å². The van der Waals surface area contributed by atoms with E-state index >= 15 is 0 Å². The van der Waals surface area contributed by atoms with Crippen LogP contribution in [0.25, 0.3) is 11.0 Å². The normalized spacial score (nSPS) is 11.5. The summed E-state index contributed by atoms with van der Waals surface area (Å²) in [6.45, 7) is 0. The number of hydrogen-bond donors (Lipinski definition) is 0. The van der Waals surface area contributed by atoms with Gasteiger partial charge in [0.15, 0.2) is 11.5 Å². The molecule has 0 saturated carbocycles. The van der Waals surface area contributed by atoms with Gasteiger partial charge in [0.1, 0.15) is 11.2 Å². The van der Waals surface area contributed by atoms with Crippen molar-refractivity contribution >= 4 is 27.4 Å². The Hall–Kier alpha value is -3.07. The second-order valence-corrected chi connectivity index (χ2v) is 7.16. The number of rotatable bonds is 5. The van der Waals surface area contributed by atoms with Crippen LogP contribution < -0.4 is 14.6 Å². The van der Waals surface area contributed by atoms with Crippen LogP contribution in [-0.4, -0.2) is 30.9 Å². The number of imidazole rings is 1. The Labute approximate surface area is 149 Å². The van der Waals surface area contributed by atoms with Gasteiger partial charge in [-0.25, -0.2) is 4.79 Å². The van der Waals surface area contributed by atoms with Crippen LogP contribution in [0.1, 0.15) is 10.4 Å². The van der Waals surface area contributed by atoms with Gasteiger partial charge in [-0.1, -0.05) is 0 Å². The highest BCUT2D eigenvalue weighted by Gasteiger charge is 2.21. The number of fused-ring (bicyclic) bond motifs is 1. The molecule has 0 bridgehead atoms. The SMILES string of the molecule is COc1cc(C=O)ccc1OS(=O)(=O)c1ccc2c(c1)n(C)c(=O)n2C. The minimum atomic E-state index is -4.17. The van der Waals surface area contributed by atoms with Gasteiger partial charge in [0.2, 0.25) is 0 Å². The summed E-state index contributed by atoms with van der Waals surface area (Å²) in [5, 5.41) is 0. The maximum Gasteiger partial charge on any atom is 0.339 e. The molecule has 0 amide bonds. The molecule has 0 radical (unpaired) electrons. The second-order valence-electron chi connectivity index (χ2n) is 5.62. The number of benzene rings is 2. The third kappa shape index (κ3) is 2.86. The van der Waals surface area contributed by atoms with Crippen molar-refractivity contribution in [2.45, 2.75) is 4.90 Å². The first-order valence-electron chi connectivity index (χ1n) is 7.51. The number of carbonyl (C=O) groups excluding carboxylic acids is 1. The minimum Gasteiger partial charge on any atom is -0.493 e. The number of ether oxygens (including phenoxy) is 1. The summed E-state index contributed by atoms with van der Waals surface area (Å²) in [4.78, 5) is 22.7. The van der Waals surface area contributed by atoms with Gasteiger partial charge in [-0.05, 0) is 36.4 Å². The highest BCUT2D eigenvalue weighted by atomic mass is 32.2. The van der Waals surface area contributed by atoms with Crippen LogP contribution in [0.3, 0.4) is 0 Å². The molecule has 136 valence electrons. The molecular formula is C17H16N2O6S. The molecule has 1 aromatic heterocycles. The van der Waals surface area contributed by atoms with E-state index in [2.05, 4.69) is 0 Å². The van der Waals surface area contributed by atoms with Gasteiger partial charge >= 0.3 is 15.8 Å². The van der Waals surface area contributed by atoms with Crippen LogP contribution in [0, 0.1) is 0 Å². The van der Waals surface area contributed by atoms with Crippen LogP contribution >= 0.6 is 0 Å². The Balaban J connectivity index is 2.06. The molecule has 3 aromatic rings. The number of hydrogen-bond acceptors (Lipinski definition) is 6. The van der Waals surface area contributed by atoms with Gasteiger partial charge in [-0.2, -0.15) is 8.42 Å². The Morgan fingerprint density at radius 3 is 2.31 bits per heavy atom. The third-order valence-electron chi connectivity index (χ3n) is 4.06. The van der Waals surface area contributed by atoms with E-state index in [1.54, 1.807) is 20.2 Å². The van der Waals surface area contributed by atoms with E-state index < -0.39 is 10.1 Å². The smallest absolute Gasteiger partial charge is 0.339 e. The van der Waals surface area contributed by atoms with E-state index in [4.69, 9.17) is 8.92 Å². The molecule has 0 aliphatic heterocycles. The summed E-state index contributed by atoms with van der Waals surface area (Å²) in [6.07, 6.45) is 0.616. The number of carbonyl (C=O) groups is 1. The average Bonchev–Trinajstić information content (AvgIpc) is 2.85. The van der Waals surface area contributed by atoms with E-state index in [-0.39, 0.29) is 22.1 Å². The lowest BCUT2D eigenvalue weighted by molar-refractivity contribution is 0.112. The van der Waals surface area contributed by atoms with Gasteiger partial charge < -0.3 is 8.92 Å². The first-order chi connectivity index (χ1) is 12.3. The van der Waals surface area contributed by atoms with Crippen LogP contribution in [0.4, 0.5) is 0 Å². The van der Waals surface area contributed by atoms with Crippen molar-refractivity contribution in [2.24, 2.45) is 14.1 Å². The molecule has 26 heavy (non-hydrogen) atoms. The molecule has 9 heteroatoms. The van der Waals surface area contributed by atoms with E-state index in [1.165, 1.54) is 46.6 Å². The summed E-state index contributed by atoms with van der Waals surface area (Å²) in [5.74, 6) is 0.0755. The van der Waals surface area contributed by atoms with Gasteiger partial charge in [0.05, 0.1) is 18.1 Å². The minimum absolute atomic E-state index is 0.0415. The van der Waals surface area contributed by atoms with Crippen LogP contribution in [0.5, 0.6) is 11.5 Å². The zero-order valence-electron chi connectivity index (χ0n) is 14.3. The number of aryl methyl sites for hydroxylation is 2. The maximum absolute atomic E-state index is 12.6. The quantitative estimate of drug-likeness (QED) is 0.494. The zero-order valence-corrected chi connectivity index (χ0v) is 15.1. The van der Waals surface area contributed by atoms with Crippen molar-refractivity contribution in [3.63, 3.8) is 0 Å². The van der Waals surface area contributed by atoms with Crippen molar-refractivity contribution in [3.05, 3.63) is 52.4 Å². The van der Waals surface area contributed by atoms with Crippen molar-refractivity contribution < 1.29 is 22.1 Å². The molecule has 0 fully saturated rings. The fourth-order valence-electron chi connectivity index (χ4n) is 2.63. The largest absolute Gasteiger partial charge is 0.493 e.